The minimum atomic E-state index is -1.03. The van der Waals surface area contributed by atoms with E-state index in [1.807, 2.05) is 51.1 Å². The third-order valence-electron chi connectivity index (χ3n) is 5.33. The van der Waals surface area contributed by atoms with Gasteiger partial charge in [0.25, 0.3) is 0 Å². The van der Waals surface area contributed by atoms with Gasteiger partial charge in [-0.1, -0.05) is 30.3 Å². The van der Waals surface area contributed by atoms with E-state index >= 15 is 0 Å². The van der Waals surface area contributed by atoms with Crippen LogP contribution in [-0.2, 0) is 20.9 Å². The normalized spacial score (nSPS) is 22.3. The lowest BCUT2D eigenvalue weighted by Gasteiger charge is -2.38. The highest BCUT2D eigenvalue weighted by Gasteiger charge is 2.46. The van der Waals surface area contributed by atoms with Crippen LogP contribution in [0, 0.1) is 5.92 Å². The highest BCUT2D eigenvalue weighted by molar-refractivity contribution is 8.00. The molecule has 0 aliphatic carbocycles. The van der Waals surface area contributed by atoms with Gasteiger partial charge in [-0.15, -0.1) is 11.8 Å². The molecule has 9 heteroatoms. The average Bonchev–Trinajstić information content (AvgIpc) is 3.17. The second-order valence-corrected chi connectivity index (χ2v) is 9.98. The number of benzene rings is 1. The number of carbonyl (C=O) groups is 3. The number of likely N-dealkylation sites (tertiary alicyclic amines) is 1. The molecule has 1 unspecified atom stereocenters. The molecule has 0 aromatic heterocycles. The van der Waals surface area contributed by atoms with E-state index in [2.05, 4.69) is 0 Å². The molecule has 2 heterocycles. The molecule has 0 radical (unpaired) electrons. The Labute approximate surface area is 186 Å². The third kappa shape index (κ3) is 6.06. The second kappa shape index (κ2) is 9.80. The van der Waals surface area contributed by atoms with Gasteiger partial charge in [0.2, 0.25) is 0 Å². The SMILES string of the molecule is CC(C)(C)OC(=O)N1CCC([C@H]2SCC(C(=O)O)N2C(=O)OCc2ccccc2)CC1. The first-order valence-electron chi connectivity index (χ1n) is 10.5. The number of nitrogens with zero attached hydrogens (tertiary/aromatic N) is 2. The van der Waals surface area contributed by atoms with Crippen molar-refractivity contribution < 1.29 is 29.0 Å². The summed E-state index contributed by atoms with van der Waals surface area (Å²) in [4.78, 5) is 40.0. The summed E-state index contributed by atoms with van der Waals surface area (Å²) in [6.07, 6.45) is 0.394. The van der Waals surface area contributed by atoms with Crippen LogP contribution in [0.25, 0.3) is 0 Å². The minimum Gasteiger partial charge on any atom is -0.480 e. The summed E-state index contributed by atoms with van der Waals surface area (Å²) in [5, 5.41) is 9.34. The number of rotatable bonds is 4. The number of thioether (sulfide) groups is 1. The molecule has 0 bridgehead atoms. The number of carbonyl (C=O) groups excluding carboxylic acids is 2. The number of hydrogen-bond donors (Lipinski definition) is 1. The molecular formula is C22H30N2O6S. The zero-order chi connectivity index (χ0) is 22.6. The lowest BCUT2D eigenvalue weighted by molar-refractivity contribution is -0.142. The van der Waals surface area contributed by atoms with E-state index in [0.29, 0.717) is 31.7 Å². The van der Waals surface area contributed by atoms with Crippen LogP contribution >= 0.6 is 11.8 Å². The van der Waals surface area contributed by atoms with Gasteiger partial charge in [0.05, 0.1) is 5.37 Å². The molecule has 1 N–H and O–H groups in total. The molecule has 2 amide bonds. The molecule has 1 aromatic rings. The van der Waals surface area contributed by atoms with Crippen LogP contribution in [0.4, 0.5) is 9.59 Å². The van der Waals surface area contributed by atoms with Gasteiger partial charge in [-0.05, 0) is 45.1 Å². The maximum Gasteiger partial charge on any atom is 0.411 e. The molecule has 0 saturated carbocycles. The van der Waals surface area contributed by atoms with Crippen molar-refractivity contribution in [1.29, 1.82) is 0 Å². The van der Waals surface area contributed by atoms with Crippen molar-refractivity contribution in [2.24, 2.45) is 5.92 Å². The van der Waals surface area contributed by atoms with Crippen LogP contribution in [0.1, 0.15) is 39.2 Å². The van der Waals surface area contributed by atoms with Gasteiger partial charge in [0, 0.05) is 18.8 Å². The second-order valence-electron chi connectivity index (χ2n) is 8.83. The molecular weight excluding hydrogens is 420 g/mol. The zero-order valence-electron chi connectivity index (χ0n) is 18.2. The first-order chi connectivity index (χ1) is 14.7. The Morgan fingerprint density at radius 1 is 1.10 bits per heavy atom. The van der Waals surface area contributed by atoms with Gasteiger partial charge in [0.15, 0.2) is 0 Å². The number of aliphatic carboxylic acids is 1. The molecule has 2 saturated heterocycles. The first kappa shape index (κ1) is 23.2. The molecule has 2 fully saturated rings. The Morgan fingerprint density at radius 3 is 2.32 bits per heavy atom. The van der Waals surface area contributed by atoms with Gasteiger partial charge in [-0.2, -0.15) is 0 Å². The number of ether oxygens (including phenoxy) is 2. The average molecular weight is 451 g/mol. The molecule has 2 aliphatic rings. The fraction of sp³-hybridized carbons (Fsp3) is 0.591. The lowest BCUT2D eigenvalue weighted by atomic mass is 9.95. The van der Waals surface area contributed by atoms with Crippen molar-refractivity contribution in [3.8, 4) is 0 Å². The van der Waals surface area contributed by atoms with Crippen molar-refractivity contribution >= 4 is 29.9 Å². The van der Waals surface area contributed by atoms with Crippen LogP contribution in [0.5, 0.6) is 0 Å². The first-order valence-corrected chi connectivity index (χ1v) is 11.5. The van der Waals surface area contributed by atoms with Crippen LogP contribution in [0.15, 0.2) is 30.3 Å². The van der Waals surface area contributed by atoms with Crippen molar-refractivity contribution in [2.75, 3.05) is 18.8 Å². The number of carboxylic acids is 1. The quantitative estimate of drug-likeness (QED) is 0.745. The lowest BCUT2D eigenvalue weighted by Crippen LogP contribution is -2.50. The molecule has 170 valence electrons. The van der Waals surface area contributed by atoms with E-state index in [-0.39, 0.29) is 24.0 Å². The fourth-order valence-electron chi connectivity index (χ4n) is 3.80. The van der Waals surface area contributed by atoms with Crippen LogP contribution < -0.4 is 0 Å². The molecule has 3 rings (SSSR count). The Bertz CT molecular complexity index is 789. The fourth-order valence-corrected chi connectivity index (χ4v) is 5.42. The van der Waals surface area contributed by atoms with Crippen molar-refractivity contribution in [1.82, 2.24) is 9.80 Å². The van der Waals surface area contributed by atoms with Gasteiger partial charge in [-0.25, -0.2) is 14.4 Å². The van der Waals surface area contributed by atoms with E-state index in [4.69, 9.17) is 9.47 Å². The number of amides is 2. The number of hydrogen-bond acceptors (Lipinski definition) is 6. The van der Waals surface area contributed by atoms with E-state index in [1.165, 1.54) is 16.7 Å². The molecule has 2 aliphatic heterocycles. The number of piperidine rings is 1. The minimum absolute atomic E-state index is 0.0808. The predicted octanol–water partition coefficient (Wildman–Crippen LogP) is 3.80. The Balaban J connectivity index is 1.62. The van der Waals surface area contributed by atoms with Gasteiger partial charge in [0.1, 0.15) is 18.2 Å². The summed E-state index contributed by atoms with van der Waals surface area (Å²) in [6, 6.07) is 8.38. The predicted molar refractivity (Wildman–Crippen MR) is 117 cm³/mol. The molecule has 8 nitrogen and oxygen atoms in total. The van der Waals surface area contributed by atoms with Crippen LogP contribution in [-0.4, -0.2) is 68.9 Å². The summed E-state index contributed by atoms with van der Waals surface area (Å²) in [6.45, 7) is 6.62. The third-order valence-corrected chi connectivity index (χ3v) is 6.79. The van der Waals surface area contributed by atoms with E-state index < -0.39 is 23.7 Å². The van der Waals surface area contributed by atoms with Gasteiger partial charge >= 0.3 is 18.2 Å². The largest absolute Gasteiger partial charge is 0.480 e. The highest BCUT2D eigenvalue weighted by atomic mass is 32.2. The van der Waals surface area contributed by atoms with Crippen LogP contribution in [0.2, 0.25) is 0 Å². The Hall–Kier alpha value is -2.42. The van der Waals surface area contributed by atoms with Crippen LogP contribution in [0.3, 0.4) is 0 Å². The standard InChI is InChI=1S/C22H30N2O6S/c1-22(2,3)30-20(27)23-11-9-16(10-12-23)18-24(17(14-31-18)19(25)26)21(28)29-13-15-7-5-4-6-8-15/h4-8,16-18H,9-14H2,1-3H3,(H,25,26)/t17?,18-/m1/s1. The topological polar surface area (TPSA) is 96.4 Å². The molecule has 2 atom stereocenters. The highest BCUT2D eigenvalue weighted by Crippen LogP contribution is 2.39. The van der Waals surface area contributed by atoms with Crippen molar-refractivity contribution in [3.63, 3.8) is 0 Å². The van der Waals surface area contributed by atoms with Gasteiger partial charge in [-0.3, -0.25) is 4.90 Å². The number of carboxylic acid groups (broad SMARTS) is 1. The summed E-state index contributed by atoms with van der Waals surface area (Å²) >= 11 is 1.47. The maximum atomic E-state index is 12.9. The summed E-state index contributed by atoms with van der Waals surface area (Å²) < 4.78 is 10.9. The summed E-state index contributed by atoms with van der Waals surface area (Å²) in [7, 11) is 0. The molecule has 1 aromatic carbocycles. The van der Waals surface area contributed by atoms with E-state index in [0.717, 1.165) is 5.56 Å². The smallest absolute Gasteiger partial charge is 0.411 e. The Morgan fingerprint density at radius 2 is 1.74 bits per heavy atom. The monoisotopic (exact) mass is 450 g/mol. The van der Waals surface area contributed by atoms with Crippen molar-refractivity contribution in [3.05, 3.63) is 35.9 Å². The zero-order valence-corrected chi connectivity index (χ0v) is 19.0. The Kier molecular flexibility index (Phi) is 7.35. The maximum absolute atomic E-state index is 12.9. The summed E-state index contributed by atoms with van der Waals surface area (Å²) in [5.41, 5.74) is 0.292. The molecule has 0 spiro atoms. The van der Waals surface area contributed by atoms with E-state index in [1.54, 1.807) is 4.90 Å². The van der Waals surface area contributed by atoms with Gasteiger partial charge < -0.3 is 19.5 Å². The van der Waals surface area contributed by atoms with E-state index in [9.17, 15) is 19.5 Å². The molecule has 31 heavy (non-hydrogen) atoms. The van der Waals surface area contributed by atoms with Crippen molar-refractivity contribution in [2.45, 2.75) is 57.2 Å². The summed E-state index contributed by atoms with van der Waals surface area (Å²) in [5.74, 6) is -0.623.